The smallest absolute Gasteiger partial charge is 0.397 e. The molecule has 0 bridgehead atoms. The fourth-order valence-electron chi connectivity index (χ4n) is 4.85. The SMILES string of the molecule is Cc1ccc(-c2cn3nc(-c4cccnc4C(F)(F)F)ccc3n2)cc1NC(=O)c1cccc(/C=C/C(=O)Nc2ccccc2N)c1. The first kappa shape index (κ1) is 30.7. The summed E-state index contributed by atoms with van der Waals surface area (Å²) in [6, 6.07) is 24.9. The number of nitrogens with one attached hydrogen (secondary N) is 2. The molecular weight excluding hydrogens is 607 g/mol. The molecule has 6 aromatic rings. The van der Waals surface area contributed by atoms with Crippen LogP contribution in [0.1, 0.15) is 27.2 Å². The van der Waals surface area contributed by atoms with Crippen LogP contribution >= 0.6 is 0 Å². The monoisotopic (exact) mass is 633 g/mol. The normalized spacial score (nSPS) is 11.6. The van der Waals surface area contributed by atoms with E-state index in [1.807, 2.05) is 19.1 Å². The van der Waals surface area contributed by atoms with Crippen molar-refractivity contribution in [3.05, 3.63) is 132 Å². The molecule has 47 heavy (non-hydrogen) atoms. The molecule has 0 saturated carbocycles. The van der Waals surface area contributed by atoms with Crippen molar-refractivity contribution in [1.29, 1.82) is 0 Å². The number of hydrogen-bond donors (Lipinski definition) is 3. The van der Waals surface area contributed by atoms with Crippen molar-refractivity contribution < 1.29 is 22.8 Å². The molecule has 0 spiro atoms. The first-order chi connectivity index (χ1) is 22.5. The number of nitrogens with zero attached hydrogens (tertiary/aromatic N) is 4. The number of aryl methyl sites for hydroxylation is 1. The Morgan fingerprint density at radius 3 is 2.51 bits per heavy atom. The molecule has 0 saturated heterocycles. The zero-order chi connectivity index (χ0) is 33.1. The van der Waals surface area contributed by atoms with E-state index in [4.69, 9.17) is 5.73 Å². The maximum absolute atomic E-state index is 13.5. The van der Waals surface area contributed by atoms with Crippen LogP contribution in [-0.4, -0.2) is 31.4 Å². The Morgan fingerprint density at radius 2 is 1.70 bits per heavy atom. The van der Waals surface area contributed by atoms with Gasteiger partial charge in [0, 0.05) is 34.7 Å². The quantitative estimate of drug-likeness (QED) is 0.125. The van der Waals surface area contributed by atoms with E-state index in [0.717, 1.165) is 11.8 Å². The first-order valence-corrected chi connectivity index (χ1v) is 14.3. The molecule has 0 aliphatic carbocycles. The zero-order valence-corrected chi connectivity index (χ0v) is 24.8. The van der Waals surface area contributed by atoms with Crippen molar-refractivity contribution in [1.82, 2.24) is 19.6 Å². The summed E-state index contributed by atoms with van der Waals surface area (Å²) in [5.74, 6) is -0.730. The number of pyridine rings is 1. The lowest BCUT2D eigenvalue weighted by Gasteiger charge is -2.10. The molecule has 3 aromatic heterocycles. The summed E-state index contributed by atoms with van der Waals surface area (Å²) < 4.78 is 42.0. The highest BCUT2D eigenvalue weighted by molar-refractivity contribution is 6.06. The van der Waals surface area contributed by atoms with E-state index in [0.29, 0.717) is 45.1 Å². The van der Waals surface area contributed by atoms with Gasteiger partial charge in [-0.05, 0) is 78.7 Å². The fraction of sp³-hybridized carbons (Fsp3) is 0.0571. The summed E-state index contributed by atoms with van der Waals surface area (Å²) >= 11 is 0. The van der Waals surface area contributed by atoms with E-state index in [2.05, 4.69) is 25.7 Å². The molecule has 2 amide bonds. The van der Waals surface area contributed by atoms with Gasteiger partial charge in [-0.3, -0.25) is 14.6 Å². The van der Waals surface area contributed by atoms with Gasteiger partial charge in [0.15, 0.2) is 11.3 Å². The van der Waals surface area contributed by atoms with Gasteiger partial charge in [-0.1, -0.05) is 36.4 Å². The molecule has 0 unspecified atom stereocenters. The lowest BCUT2D eigenvalue weighted by atomic mass is 10.1. The molecule has 0 atom stereocenters. The maximum Gasteiger partial charge on any atom is 0.434 e. The number of nitrogen functional groups attached to an aromatic ring is 1. The molecule has 4 N–H and O–H groups in total. The van der Waals surface area contributed by atoms with Crippen LogP contribution < -0.4 is 16.4 Å². The average molecular weight is 634 g/mol. The number of imidazole rings is 1. The van der Waals surface area contributed by atoms with Gasteiger partial charge < -0.3 is 16.4 Å². The topological polar surface area (TPSA) is 127 Å². The predicted molar refractivity (Wildman–Crippen MR) is 174 cm³/mol. The molecule has 234 valence electrons. The Bertz CT molecular complexity index is 2170. The summed E-state index contributed by atoms with van der Waals surface area (Å²) in [5.41, 5.74) is 9.73. The summed E-state index contributed by atoms with van der Waals surface area (Å²) in [6.07, 6.45) is 1.01. The number of carbonyl (C=O) groups is 2. The van der Waals surface area contributed by atoms with Gasteiger partial charge in [0.05, 0.1) is 29.0 Å². The molecule has 3 aromatic carbocycles. The van der Waals surface area contributed by atoms with Crippen LogP contribution in [0.4, 0.5) is 30.2 Å². The number of carbonyl (C=O) groups excluding carboxylic acids is 2. The van der Waals surface area contributed by atoms with E-state index in [-0.39, 0.29) is 23.1 Å². The predicted octanol–water partition coefficient (Wildman–Crippen LogP) is 7.27. The van der Waals surface area contributed by atoms with Gasteiger partial charge in [0.1, 0.15) is 0 Å². The number of aromatic nitrogens is 4. The van der Waals surface area contributed by atoms with Crippen molar-refractivity contribution in [3.8, 4) is 22.5 Å². The third-order valence-electron chi connectivity index (χ3n) is 7.25. The van der Waals surface area contributed by atoms with Crippen molar-refractivity contribution >= 4 is 40.6 Å². The Balaban J connectivity index is 1.20. The van der Waals surface area contributed by atoms with Crippen LogP contribution in [0, 0.1) is 6.92 Å². The molecule has 0 fully saturated rings. The fourth-order valence-corrected chi connectivity index (χ4v) is 4.85. The Morgan fingerprint density at radius 1 is 0.872 bits per heavy atom. The van der Waals surface area contributed by atoms with E-state index in [1.54, 1.807) is 72.9 Å². The van der Waals surface area contributed by atoms with Gasteiger partial charge in [0.2, 0.25) is 5.91 Å². The number of halogens is 3. The third-order valence-corrected chi connectivity index (χ3v) is 7.25. The van der Waals surface area contributed by atoms with Gasteiger partial charge in [-0.2, -0.15) is 18.3 Å². The van der Waals surface area contributed by atoms with Gasteiger partial charge in [0.25, 0.3) is 5.91 Å². The number of amides is 2. The number of hydrogen-bond acceptors (Lipinski definition) is 6. The second kappa shape index (κ2) is 12.6. The van der Waals surface area contributed by atoms with Crippen molar-refractivity contribution in [3.63, 3.8) is 0 Å². The lowest BCUT2D eigenvalue weighted by Crippen LogP contribution is -2.13. The molecule has 3 heterocycles. The molecular formula is C35H26F3N7O2. The molecule has 0 radical (unpaired) electrons. The molecule has 6 rings (SSSR count). The van der Waals surface area contributed by atoms with Crippen LogP contribution in [0.2, 0.25) is 0 Å². The number of nitrogens with two attached hydrogens (primary N) is 1. The minimum atomic E-state index is -4.64. The van der Waals surface area contributed by atoms with Crippen molar-refractivity contribution in [2.75, 3.05) is 16.4 Å². The molecule has 0 aliphatic rings. The van der Waals surface area contributed by atoms with Crippen LogP contribution in [-0.2, 0) is 11.0 Å². The molecule has 12 heteroatoms. The maximum atomic E-state index is 13.5. The number of rotatable bonds is 7. The van der Waals surface area contributed by atoms with Crippen molar-refractivity contribution in [2.45, 2.75) is 13.1 Å². The number of anilines is 3. The number of alkyl halides is 3. The Labute approximate surface area is 266 Å². The number of benzene rings is 3. The largest absolute Gasteiger partial charge is 0.434 e. The van der Waals surface area contributed by atoms with Gasteiger partial charge in [-0.25, -0.2) is 9.50 Å². The van der Waals surface area contributed by atoms with E-state index >= 15 is 0 Å². The second-order valence-corrected chi connectivity index (χ2v) is 10.6. The third kappa shape index (κ3) is 6.86. The minimum absolute atomic E-state index is 0.0947. The van der Waals surface area contributed by atoms with Crippen LogP contribution in [0.25, 0.3) is 34.2 Å². The summed E-state index contributed by atoms with van der Waals surface area (Å²) in [5, 5.41) is 10.0. The van der Waals surface area contributed by atoms with Crippen LogP contribution in [0.3, 0.4) is 0 Å². The van der Waals surface area contributed by atoms with Gasteiger partial charge in [-0.15, -0.1) is 0 Å². The number of para-hydroxylation sites is 2. The highest BCUT2D eigenvalue weighted by Crippen LogP contribution is 2.35. The summed E-state index contributed by atoms with van der Waals surface area (Å²) in [4.78, 5) is 33.7. The number of fused-ring (bicyclic) bond motifs is 1. The summed E-state index contributed by atoms with van der Waals surface area (Å²) in [7, 11) is 0. The average Bonchev–Trinajstić information content (AvgIpc) is 3.49. The Hall–Kier alpha value is -6.30. The first-order valence-electron chi connectivity index (χ1n) is 14.3. The molecule has 9 nitrogen and oxygen atoms in total. The van der Waals surface area contributed by atoms with Gasteiger partial charge >= 0.3 is 6.18 Å². The molecule has 0 aliphatic heterocycles. The van der Waals surface area contributed by atoms with Crippen molar-refractivity contribution in [2.24, 2.45) is 0 Å². The second-order valence-electron chi connectivity index (χ2n) is 10.6. The van der Waals surface area contributed by atoms with Crippen LogP contribution in [0.15, 0.2) is 109 Å². The highest BCUT2D eigenvalue weighted by atomic mass is 19.4. The van der Waals surface area contributed by atoms with E-state index in [9.17, 15) is 22.8 Å². The minimum Gasteiger partial charge on any atom is -0.397 e. The van der Waals surface area contributed by atoms with Crippen LogP contribution in [0.5, 0.6) is 0 Å². The standard InChI is InChI=1S/C35H26F3N7O2/c1-21-11-13-23(30-20-45-31(41-30)15-14-27(44-45)25-8-5-17-40-33(25)35(36,37)38)19-29(21)43-34(47)24-7-4-6-22(18-24)12-16-32(46)42-28-10-3-2-9-26(28)39/h2-20H,39H2,1H3,(H,42,46)(H,43,47)/b16-12+. The van der Waals surface area contributed by atoms with E-state index < -0.39 is 11.9 Å². The summed E-state index contributed by atoms with van der Waals surface area (Å²) in [6.45, 7) is 1.85. The highest BCUT2D eigenvalue weighted by Gasteiger charge is 2.35. The lowest BCUT2D eigenvalue weighted by molar-refractivity contribution is -0.140. The van der Waals surface area contributed by atoms with E-state index in [1.165, 1.54) is 28.8 Å². The zero-order valence-electron chi connectivity index (χ0n) is 24.8. The Kier molecular flexibility index (Phi) is 8.23.